The predicted molar refractivity (Wildman–Crippen MR) is 77.3 cm³/mol. The fraction of sp³-hybridized carbons (Fsp3) is 0.538. The molecule has 0 saturated carbocycles. The van der Waals surface area contributed by atoms with Gasteiger partial charge in [0.05, 0.1) is 17.7 Å². The van der Waals surface area contributed by atoms with Crippen LogP contribution in [-0.2, 0) is 9.53 Å². The Morgan fingerprint density at radius 3 is 3.16 bits per heavy atom. The molecule has 2 heterocycles. The lowest BCUT2D eigenvalue weighted by Crippen LogP contribution is -2.54. The van der Waals surface area contributed by atoms with Gasteiger partial charge in [0.1, 0.15) is 11.9 Å². The molecule has 1 fully saturated rings. The summed E-state index contributed by atoms with van der Waals surface area (Å²) in [6, 6.07) is 1.69. The largest absolute Gasteiger partial charge is 0.377 e. The van der Waals surface area contributed by atoms with E-state index in [4.69, 9.17) is 4.74 Å². The van der Waals surface area contributed by atoms with Crippen LogP contribution < -0.4 is 10.2 Å². The van der Waals surface area contributed by atoms with E-state index in [0.29, 0.717) is 26.3 Å². The zero-order valence-electron chi connectivity index (χ0n) is 11.1. The minimum atomic E-state index is -0.319. The molecule has 0 aliphatic carbocycles. The number of halogens is 1. The smallest absolute Gasteiger partial charge is 0.245 e. The first-order chi connectivity index (χ1) is 9.13. The van der Waals surface area contributed by atoms with Crippen LogP contribution in [0.15, 0.2) is 16.7 Å². The molecule has 1 N–H and O–H groups in total. The molecule has 1 amide bonds. The number of nitrogens with zero attached hydrogens (tertiary/aromatic N) is 2. The summed E-state index contributed by atoms with van der Waals surface area (Å²) < 4.78 is 6.33. The van der Waals surface area contributed by atoms with Crippen LogP contribution >= 0.6 is 15.9 Å². The van der Waals surface area contributed by atoms with Gasteiger partial charge in [0.15, 0.2) is 0 Å². The zero-order valence-corrected chi connectivity index (χ0v) is 12.7. The fourth-order valence-electron chi connectivity index (χ4n) is 2.10. The molecule has 0 radical (unpaired) electrons. The van der Waals surface area contributed by atoms with E-state index >= 15 is 0 Å². The number of aromatic nitrogens is 1. The van der Waals surface area contributed by atoms with E-state index in [1.807, 2.05) is 31.0 Å². The molecular weight excluding hydrogens is 310 g/mol. The first-order valence-electron chi connectivity index (χ1n) is 6.37. The molecule has 1 unspecified atom stereocenters. The van der Waals surface area contributed by atoms with Gasteiger partial charge in [0.25, 0.3) is 0 Å². The van der Waals surface area contributed by atoms with E-state index in [1.54, 1.807) is 0 Å². The van der Waals surface area contributed by atoms with Crippen LogP contribution in [-0.4, -0.2) is 43.2 Å². The number of likely N-dealkylation sites (N-methyl/N-ethyl adjacent to an activating group) is 1. The Balaban J connectivity index is 2.26. The van der Waals surface area contributed by atoms with Crippen LogP contribution in [0.25, 0.3) is 0 Å². The molecule has 1 aliphatic heterocycles. The number of nitrogens with one attached hydrogen (secondary N) is 1. The molecule has 0 spiro atoms. The maximum absolute atomic E-state index is 12.1. The Bertz CT molecular complexity index is 467. The highest BCUT2D eigenvalue weighted by Gasteiger charge is 2.31. The molecule has 0 aromatic carbocycles. The van der Waals surface area contributed by atoms with E-state index in [1.165, 1.54) is 0 Å². The first kappa shape index (κ1) is 14.3. The Hall–Kier alpha value is -1.14. The van der Waals surface area contributed by atoms with Gasteiger partial charge in [0.2, 0.25) is 5.91 Å². The highest BCUT2D eigenvalue weighted by atomic mass is 79.9. The molecule has 1 aromatic heterocycles. The first-order valence-corrected chi connectivity index (χ1v) is 7.17. The third-order valence-corrected chi connectivity index (χ3v) is 3.60. The normalized spacial score (nSPS) is 19.3. The van der Waals surface area contributed by atoms with Crippen molar-refractivity contribution in [3.8, 4) is 0 Å². The van der Waals surface area contributed by atoms with Crippen molar-refractivity contribution in [1.82, 2.24) is 10.3 Å². The number of ether oxygens (including phenoxy) is 1. The van der Waals surface area contributed by atoms with Gasteiger partial charge in [-0.2, -0.15) is 0 Å². The van der Waals surface area contributed by atoms with Crippen molar-refractivity contribution in [2.75, 3.05) is 31.2 Å². The summed E-state index contributed by atoms with van der Waals surface area (Å²) in [6.07, 6.45) is 1.81. The van der Waals surface area contributed by atoms with E-state index in [-0.39, 0.29) is 11.9 Å². The molecule has 6 heteroatoms. The molecule has 0 bridgehead atoms. The lowest BCUT2D eigenvalue weighted by Gasteiger charge is -2.35. The topological polar surface area (TPSA) is 54.5 Å². The van der Waals surface area contributed by atoms with Crippen molar-refractivity contribution in [1.29, 1.82) is 0 Å². The van der Waals surface area contributed by atoms with Gasteiger partial charge in [-0.05, 0) is 41.4 Å². The molecular formula is C13H18BrN3O2. The summed E-state index contributed by atoms with van der Waals surface area (Å²) in [5.74, 6) is 0.779. The molecule has 1 aromatic rings. The van der Waals surface area contributed by atoms with E-state index in [0.717, 1.165) is 15.9 Å². The SMILES string of the molecule is CCNC(=O)C1COCCN1c1ncc(C)cc1Br. The Morgan fingerprint density at radius 2 is 2.47 bits per heavy atom. The highest BCUT2D eigenvalue weighted by Crippen LogP contribution is 2.27. The maximum atomic E-state index is 12.1. The molecule has 1 atom stereocenters. The molecule has 1 aliphatic rings. The Morgan fingerprint density at radius 1 is 1.68 bits per heavy atom. The zero-order chi connectivity index (χ0) is 13.8. The van der Waals surface area contributed by atoms with Crippen LogP contribution in [0.1, 0.15) is 12.5 Å². The Labute approximate surface area is 121 Å². The average Bonchev–Trinajstić information content (AvgIpc) is 2.39. The van der Waals surface area contributed by atoms with Crippen molar-refractivity contribution >= 4 is 27.7 Å². The summed E-state index contributed by atoms with van der Waals surface area (Å²) in [5.41, 5.74) is 1.08. The third-order valence-electron chi connectivity index (χ3n) is 3.01. The summed E-state index contributed by atoms with van der Waals surface area (Å²) in [7, 11) is 0. The molecule has 2 rings (SSSR count). The lowest BCUT2D eigenvalue weighted by molar-refractivity contribution is -0.124. The lowest BCUT2D eigenvalue weighted by atomic mass is 10.2. The van der Waals surface area contributed by atoms with Crippen LogP contribution in [0, 0.1) is 6.92 Å². The van der Waals surface area contributed by atoms with E-state index < -0.39 is 0 Å². The number of morpholine rings is 1. The van der Waals surface area contributed by atoms with Gasteiger partial charge in [-0.1, -0.05) is 0 Å². The quantitative estimate of drug-likeness (QED) is 0.914. The van der Waals surface area contributed by atoms with Gasteiger partial charge >= 0.3 is 0 Å². The fourth-order valence-corrected chi connectivity index (χ4v) is 2.80. The van der Waals surface area contributed by atoms with Crippen molar-refractivity contribution in [3.63, 3.8) is 0 Å². The molecule has 5 nitrogen and oxygen atoms in total. The second-order valence-electron chi connectivity index (χ2n) is 4.50. The summed E-state index contributed by atoms with van der Waals surface area (Å²) in [6.45, 7) is 6.18. The molecule has 19 heavy (non-hydrogen) atoms. The van der Waals surface area contributed by atoms with Gasteiger partial charge in [-0.3, -0.25) is 4.79 Å². The molecule has 1 saturated heterocycles. The van der Waals surface area contributed by atoms with Crippen molar-refractivity contribution in [3.05, 3.63) is 22.3 Å². The van der Waals surface area contributed by atoms with E-state index in [9.17, 15) is 4.79 Å². The van der Waals surface area contributed by atoms with Crippen molar-refractivity contribution in [2.24, 2.45) is 0 Å². The number of aryl methyl sites for hydroxylation is 1. The second-order valence-corrected chi connectivity index (χ2v) is 5.35. The number of carbonyl (C=O) groups excluding carboxylic acids is 1. The highest BCUT2D eigenvalue weighted by molar-refractivity contribution is 9.10. The minimum Gasteiger partial charge on any atom is -0.377 e. The number of hydrogen-bond acceptors (Lipinski definition) is 4. The summed E-state index contributed by atoms with van der Waals surface area (Å²) in [5, 5.41) is 2.84. The third kappa shape index (κ3) is 3.25. The maximum Gasteiger partial charge on any atom is 0.245 e. The van der Waals surface area contributed by atoms with Crippen molar-refractivity contribution < 1.29 is 9.53 Å². The van der Waals surface area contributed by atoms with Gasteiger partial charge in [0, 0.05) is 19.3 Å². The van der Waals surface area contributed by atoms with Gasteiger partial charge < -0.3 is 15.0 Å². The summed E-state index contributed by atoms with van der Waals surface area (Å²) in [4.78, 5) is 18.5. The average molecular weight is 328 g/mol. The number of amides is 1. The van der Waals surface area contributed by atoms with Crippen LogP contribution in [0.3, 0.4) is 0 Å². The second kappa shape index (κ2) is 6.34. The van der Waals surface area contributed by atoms with Crippen LogP contribution in [0.5, 0.6) is 0 Å². The number of anilines is 1. The number of pyridine rings is 1. The monoisotopic (exact) mass is 327 g/mol. The van der Waals surface area contributed by atoms with Gasteiger partial charge in [-0.15, -0.1) is 0 Å². The van der Waals surface area contributed by atoms with Gasteiger partial charge in [-0.25, -0.2) is 4.98 Å². The Kier molecular flexibility index (Phi) is 4.76. The standard InChI is InChI=1S/C13H18BrN3O2/c1-3-15-13(18)11-8-19-5-4-17(11)12-10(14)6-9(2)7-16-12/h6-7,11H,3-5,8H2,1-2H3,(H,15,18). The minimum absolute atomic E-state index is 0.0172. The van der Waals surface area contributed by atoms with Crippen LogP contribution in [0.2, 0.25) is 0 Å². The van der Waals surface area contributed by atoms with Crippen LogP contribution in [0.4, 0.5) is 5.82 Å². The van der Waals surface area contributed by atoms with Crippen molar-refractivity contribution in [2.45, 2.75) is 19.9 Å². The molecule has 104 valence electrons. The number of rotatable bonds is 3. The summed E-state index contributed by atoms with van der Waals surface area (Å²) >= 11 is 3.52. The number of carbonyl (C=O) groups is 1. The predicted octanol–water partition coefficient (Wildman–Crippen LogP) is 1.49. The number of hydrogen-bond donors (Lipinski definition) is 1. The van der Waals surface area contributed by atoms with E-state index in [2.05, 4.69) is 26.2 Å².